The zero-order chi connectivity index (χ0) is 13.8. The topological polar surface area (TPSA) is 21.6 Å². The molecule has 100 valence electrons. The van der Waals surface area contributed by atoms with Crippen LogP contribution in [0.15, 0.2) is 40.6 Å². The van der Waals surface area contributed by atoms with Crippen LogP contribution >= 0.6 is 0 Å². The highest BCUT2D eigenvalue weighted by Crippen LogP contribution is 2.52. The van der Waals surface area contributed by atoms with Crippen LogP contribution in [-0.2, 0) is 4.74 Å². The summed E-state index contributed by atoms with van der Waals surface area (Å²) in [7, 11) is 1.77. The molecule has 2 heteroatoms. The van der Waals surface area contributed by atoms with Crippen LogP contribution in [0.3, 0.4) is 0 Å². The maximum atomic E-state index is 5.30. The minimum Gasteiger partial charge on any atom is -0.384 e. The first-order chi connectivity index (χ1) is 8.45. The van der Waals surface area contributed by atoms with E-state index < -0.39 is 0 Å². The second-order valence-corrected chi connectivity index (χ2v) is 5.19. The van der Waals surface area contributed by atoms with Crippen molar-refractivity contribution in [2.75, 3.05) is 13.7 Å². The molecule has 0 aromatic carbocycles. The van der Waals surface area contributed by atoms with Crippen molar-refractivity contribution in [2.45, 2.75) is 40.5 Å². The van der Waals surface area contributed by atoms with Gasteiger partial charge >= 0.3 is 0 Å². The number of hydrogen-bond acceptors (Lipinski definition) is 2. The fourth-order valence-corrected chi connectivity index (χ4v) is 2.00. The molecule has 1 fully saturated rings. The number of nitrogens with zero attached hydrogens (tertiary/aromatic N) is 1. The molecule has 0 radical (unpaired) electrons. The van der Waals surface area contributed by atoms with E-state index in [2.05, 4.69) is 24.6 Å². The second kappa shape index (κ2) is 6.14. The molecule has 0 atom stereocenters. The zero-order valence-electron chi connectivity index (χ0n) is 12.3. The van der Waals surface area contributed by atoms with E-state index in [1.54, 1.807) is 7.11 Å². The van der Waals surface area contributed by atoms with Crippen molar-refractivity contribution in [1.29, 1.82) is 0 Å². The van der Waals surface area contributed by atoms with E-state index in [-0.39, 0.29) is 5.41 Å². The van der Waals surface area contributed by atoms with Crippen molar-refractivity contribution >= 4 is 5.71 Å². The summed E-state index contributed by atoms with van der Waals surface area (Å²) >= 11 is 0. The molecular formula is C16H25NO. The summed E-state index contributed by atoms with van der Waals surface area (Å²) in [6.07, 6.45) is 6.61. The molecule has 0 bridgehead atoms. The van der Waals surface area contributed by atoms with Crippen molar-refractivity contribution in [1.82, 2.24) is 0 Å². The van der Waals surface area contributed by atoms with Gasteiger partial charge in [-0.3, -0.25) is 4.99 Å². The number of aliphatic imine (C=N–C) groups is 1. The molecule has 1 saturated carbocycles. The SMILES string of the molecule is C=C(/C=C(\C)C1(COC)CC1)C(C)=N/C(C)=C\C. The van der Waals surface area contributed by atoms with Crippen molar-refractivity contribution in [3.05, 3.63) is 35.6 Å². The van der Waals surface area contributed by atoms with Gasteiger partial charge in [-0.05, 0) is 46.1 Å². The highest BCUT2D eigenvalue weighted by molar-refractivity contribution is 6.00. The maximum Gasteiger partial charge on any atom is 0.0555 e. The number of hydrogen-bond donors (Lipinski definition) is 0. The Labute approximate surface area is 111 Å². The summed E-state index contributed by atoms with van der Waals surface area (Å²) in [5.41, 5.74) is 4.64. The molecule has 1 aliphatic rings. The van der Waals surface area contributed by atoms with Gasteiger partial charge in [-0.15, -0.1) is 0 Å². The van der Waals surface area contributed by atoms with Gasteiger partial charge in [-0.1, -0.05) is 24.3 Å². The predicted octanol–water partition coefficient (Wildman–Crippen LogP) is 4.30. The number of methoxy groups -OCH3 is 1. The van der Waals surface area contributed by atoms with Crippen LogP contribution in [-0.4, -0.2) is 19.4 Å². The fourth-order valence-electron chi connectivity index (χ4n) is 2.00. The molecule has 0 amide bonds. The van der Waals surface area contributed by atoms with Gasteiger partial charge in [0.05, 0.1) is 6.61 Å². The Hall–Kier alpha value is -1.15. The fraction of sp³-hybridized carbons (Fsp3) is 0.562. The number of rotatable bonds is 6. The zero-order valence-corrected chi connectivity index (χ0v) is 12.3. The molecule has 18 heavy (non-hydrogen) atoms. The minimum absolute atomic E-state index is 0.271. The van der Waals surface area contributed by atoms with Crippen LogP contribution in [0.5, 0.6) is 0 Å². The Morgan fingerprint density at radius 1 is 1.33 bits per heavy atom. The van der Waals surface area contributed by atoms with E-state index in [0.717, 1.165) is 23.6 Å². The third kappa shape index (κ3) is 3.67. The van der Waals surface area contributed by atoms with Crippen LogP contribution in [0.4, 0.5) is 0 Å². The lowest BCUT2D eigenvalue weighted by Crippen LogP contribution is -2.11. The molecule has 0 aliphatic heterocycles. The lowest BCUT2D eigenvalue weighted by Gasteiger charge is -2.15. The van der Waals surface area contributed by atoms with Gasteiger partial charge in [0.2, 0.25) is 0 Å². The molecule has 0 saturated heterocycles. The molecular weight excluding hydrogens is 222 g/mol. The minimum atomic E-state index is 0.271. The first-order valence-corrected chi connectivity index (χ1v) is 6.50. The number of allylic oxidation sites excluding steroid dienone is 4. The lowest BCUT2D eigenvalue weighted by molar-refractivity contribution is 0.157. The maximum absolute atomic E-state index is 5.30. The van der Waals surface area contributed by atoms with Gasteiger partial charge in [0.15, 0.2) is 0 Å². The third-order valence-electron chi connectivity index (χ3n) is 3.73. The van der Waals surface area contributed by atoms with Gasteiger partial charge in [0.25, 0.3) is 0 Å². The van der Waals surface area contributed by atoms with Crippen LogP contribution < -0.4 is 0 Å². The van der Waals surface area contributed by atoms with Gasteiger partial charge < -0.3 is 4.74 Å². The Bertz CT molecular complexity index is 409. The van der Waals surface area contributed by atoms with E-state index >= 15 is 0 Å². The third-order valence-corrected chi connectivity index (χ3v) is 3.73. The Kier molecular flexibility index (Phi) is 5.09. The summed E-state index contributed by atoms with van der Waals surface area (Å²) in [6, 6.07) is 0. The smallest absolute Gasteiger partial charge is 0.0555 e. The molecule has 1 aliphatic carbocycles. The highest BCUT2D eigenvalue weighted by Gasteiger charge is 2.44. The van der Waals surface area contributed by atoms with Gasteiger partial charge in [0, 0.05) is 23.9 Å². The second-order valence-electron chi connectivity index (χ2n) is 5.19. The van der Waals surface area contributed by atoms with Crippen molar-refractivity contribution < 1.29 is 4.74 Å². The molecule has 1 rings (SSSR count). The summed E-state index contributed by atoms with van der Waals surface area (Å²) in [5, 5.41) is 0. The standard InChI is InChI=1S/C16H25NO/c1-7-14(4)17-15(5)12(2)10-13(3)16(8-9-16)11-18-6/h7,10H,2,8-9,11H2,1,3-6H3/b13-10+,14-7-,17-15?. The van der Waals surface area contributed by atoms with Crippen molar-refractivity contribution in [3.8, 4) is 0 Å². The largest absolute Gasteiger partial charge is 0.384 e. The van der Waals surface area contributed by atoms with E-state index in [4.69, 9.17) is 4.74 Å². The Morgan fingerprint density at radius 3 is 2.39 bits per heavy atom. The molecule has 0 N–H and O–H groups in total. The summed E-state index contributed by atoms with van der Waals surface area (Å²) < 4.78 is 5.30. The van der Waals surface area contributed by atoms with Gasteiger partial charge in [-0.2, -0.15) is 0 Å². The van der Waals surface area contributed by atoms with Crippen molar-refractivity contribution in [3.63, 3.8) is 0 Å². The average Bonchev–Trinajstić information content (AvgIpc) is 3.10. The molecule has 0 aromatic heterocycles. The van der Waals surface area contributed by atoms with Crippen molar-refractivity contribution in [2.24, 2.45) is 10.4 Å². The summed E-state index contributed by atoms with van der Waals surface area (Å²) in [6.45, 7) is 13.1. The van der Waals surface area contributed by atoms with Crippen LogP contribution in [0.25, 0.3) is 0 Å². The molecule has 0 heterocycles. The highest BCUT2D eigenvalue weighted by atomic mass is 16.5. The summed E-state index contributed by atoms with van der Waals surface area (Å²) in [4.78, 5) is 4.50. The van der Waals surface area contributed by atoms with Gasteiger partial charge in [0.1, 0.15) is 0 Å². The lowest BCUT2D eigenvalue weighted by atomic mass is 9.95. The Morgan fingerprint density at radius 2 is 1.94 bits per heavy atom. The molecule has 2 nitrogen and oxygen atoms in total. The van der Waals surface area contributed by atoms with E-state index in [1.165, 1.54) is 18.4 Å². The van der Waals surface area contributed by atoms with E-state index in [0.29, 0.717) is 0 Å². The molecule has 0 aromatic rings. The summed E-state index contributed by atoms with van der Waals surface area (Å²) in [5.74, 6) is 0. The van der Waals surface area contributed by atoms with E-state index in [1.807, 2.05) is 26.8 Å². The average molecular weight is 247 g/mol. The van der Waals surface area contributed by atoms with Gasteiger partial charge in [-0.25, -0.2) is 0 Å². The van der Waals surface area contributed by atoms with Crippen LogP contribution in [0, 0.1) is 5.41 Å². The molecule has 0 spiro atoms. The Balaban J connectivity index is 2.77. The van der Waals surface area contributed by atoms with Crippen LogP contribution in [0.2, 0.25) is 0 Å². The quantitative estimate of drug-likeness (QED) is 0.506. The first-order valence-electron chi connectivity index (χ1n) is 6.50. The van der Waals surface area contributed by atoms with Crippen LogP contribution in [0.1, 0.15) is 40.5 Å². The normalized spacial score (nSPS) is 19.9. The first kappa shape index (κ1) is 14.9. The number of ether oxygens (including phenoxy) is 1. The predicted molar refractivity (Wildman–Crippen MR) is 79.0 cm³/mol. The molecule has 0 unspecified atom stereocenters. The monoisotopic (exact) mass is 247 g/mol. The van der Waals surface area contributed by atoms with E-state index in [9.17, 15) is 0 Å².